The third kappa shape index (κ3) is 4.37. The first-order valence-electron chi connectivity index (χ1n) is 6.05. The van der Waals surface area contributed by atoms with Crippen LogP contribution in [-0.4, -0.2) is 32.3 Å². The summed E-state index contributed by atoms with van der Waals surface area (Å²) in [5.74, 6) is 0.613. The number of benzene rings is 1. The molecule has 0 aliphatic heterocycles. The highest BCUT2D eigenvalue weighted by atomic mass is 16.5. The summed E-state index contributed by atoms with van der Waals surface area (Å²) in [7, 11) is 1.60. The first-order chi connectivity index (χ1) is 8.54. The summed E-state index contributed by atoms with van der Waals surface area (Å²) in [5, 5.41) is 2.75. The second kappa shape index (κ2) is 7.01. The lowest BCUT2D eigenvalue weighted by Gasteiger charge is -2.16. The van der Waals surface area contributed by atoms with Crippen molar-refractivity contribution in [1.82, 2.24) is 5.32 Å². The molecule has 100 valence electrons. The molecule has 18 heavy (non-hydrogen) atoms. The number of carbonyl (C=O) groups is 1. The quantitative estimate of drug-likeness (QED) is 0.785. The van der Waals surface area contributed by atoms with Crippen LogP contribution in [0.4, 0.5) is 0 Å². The Balaban J connectivity index is 2.53. The van der Waals surface area contributed by atoms with Gasteiger partial charge in [0.1, 0.15) is 5.75 Å². The van der Waals surface area contributed by atoms with Gasteiger partial charge in [-0.2, -0.15) is 0 Å². The summed E-state index contributed by atoms with van der Waals surface area (Å²) in [4.78, 5) is 11.7. The van der Waals surface area contributed by atoms with Gasteiger partial charge in [-0.05, 0) is 32.4 Å². The fourth-order valence-electron chi connectivity index (χ4n) is 1.60. The first kappa shape index (κ1) is 14.5. The van der Waals surface area contributed by atoms with E-state index in [2.05, 4.69) is 5.32 Å². The molecule has 0 aromatic heterocycles. The van der Waals surface area contributed by atoms with Crippen molar-refractivity contribution in [1.29, 1.82) is 0 Å². The molecule has 1 aromatic rings. The van der Waals surface area contributed by atoms with Gasteiger partial charge in [0.2, 0.25) is 0 Å². The number of hydrogen-bond acceptors (Lipinski definition) is 3. The topological polar surface area (TPSA) is 47.6 Å². The van der Waals surface area contributed by atoms with E-state index in [1.165, 1.54) is 5.56 Å². The Bertz CT molecular complexity index is 404. The molecule has 0 saturated carbocycles. The fourth-order valence-corrected chi connectivity index (χ4v) is 1.60. The van der Waals surface area contributed by atoms with Crippen LogP contribution in [-0.2, 0) is 9.53 Å². The molecule has 0 fully saturated rings. The minimum Gasteiger partial charge on any atom is -0.481 e. The van der Waals surface area contributed by atoms with Crippen molar-refractivity contribution in [2.45, 2.75) is 26.9 Å². The Morgan fingerprint density at radius 1 is 1.39 bits per heavy atom. The molecule has 0 spiro atoms. The van der Waals surface area contributed by atoms with E-state index in [1.54, 1.807) is 14.0 Å². The van der Waals surface area contributed by atoms with Gasteiger partial charge >= 0.3 is 0 Å². The average Bonchev–Trinajstić information content (AvgIpc) is 2.32. The number of hydrogen-bond donors (Lipinski definition) is 1. The standard InChI is InChI=1S/C14H21NO3/c1-10-5-6-13(11(2)9-10)18-12(3)14(16)15-7-8-17-4/h5-6,9,12H,7-8H2,1-4H3,(H,15,16)/t12-/m0/s1. The Morgan fingerprint density at radius 2 is 2.11 bits per heavy atom. The second-order valence-electron chi connectivity index (χ2n) is 4.31. The van der Waals surface area contributed by atoms with E-state index in [0.29, 0.717) is 13.2 Å². The van der Waals surface area contributed by atoms with E-state index >= 15 is 0 Å². The molecule has 4 heteroatoms. The van der Waals surface area contributed by atoms with E-state index in [4.69, 9.17) is 9.47 Å². The Labute approximate surface area is 108 Å². The molecule has 0 aliphatic carbocycles. The Kier molecular flexibility index (Phi) is 5.65. The average molecular weight is 251 g/mol. The van der Waals surface area contributed by atoms with Crippen molar-refractivity contribution in [3.8, 4) is 5.75 Å². The summed E-state index contributed by atoms with van der Waals surface area (Å²) in [6, 6.07) is 5.90. The zero-order valence-electron chi connectivity index (χ0n) is 11.4. The highest BCUT2D eigenvalue weighted by Gasteiger charge is 2.14. The van der Waals surface area contributed by atoms with Gasteiger partial charge in [-0.25, -0.2) is 0 Å². The van der Waals surface area contributed by atoms with Gasteiger partial charge in [-0.1, -0.05) is 17.7 Å². The lowest BCUT2D eigenvalue weighted by Crippen LogP contribution is -2.38. The molecule has 0 radical (unpaired) electrons. The highest BCUT2D eigenvalue weighted by molar-refractivity contribution is 5.80. The van der Waals surface area contributed by atoms with Gasteiger partial charge in [0.25, 0.3) is 5.91 Å². The number of rotatable bonds is 6. The van der Waals surface area contributed by atoms with Crippen LogP contribution in [0.15, 0.2) is 18.2 Å². The Hall–Kier alpha value is -1.55. The van der Waals surface area contributed by atoms with Crippen LogP contribution in [0.25, 0.3) is 0 Å². The van der Waals surface area contributed by atoms with Gasteiger partial charge in [-0.15, -0.1) is 0 Å². The third-order valence-corrected chi connectivity index (χ3v) is 2.61. The fraction of sp³-hybridized carbons (Fsp3) is 0.500. The maximum absolute atomic E-state index is 11.7. The minimum absolute atomic E-state index is 0.132. The molecule has 0 unspecified atom stereocenters. The molecule has 0 heterocycles. The van der Waals surface area contributed by atoms with Crippen LogP contribution in [0, 0.1) is 13.8 Å². The van der Waals surface area contributed by atoms with Crippen molar-refractivity contribution in [3.63, 3.8) is 0 Å². The highest BCUT2D eigenvalue weighted by Crippen LogP contribution is 2.19. The van der Waals surface area contributed by atoms with Gasteiger partial charge < -0.3 is 14.8 Å². The van der Waals surface area contributed by atoms with Crippen molar-refractivity contribution in [2.75, 3.05) is 20.3 Å². The minimum atomic E-state index is -0.511. The smallest absolute Gasteiger partial charge is 0.260 e. The summed E-state index contributed by atoms with van der Waals surface area (Å²) in [6.45, 7) is 6.73. The maximum atomic E-state index is 11.7. The van der Waals surface area contributed by atoms with E-state index in [1.807, 2.05) is 32.0 Å². The Morgan fingerprint density at radius 3 is 2.72 bits per heavy atom. The number of methoxy groups -OCH3 is 1. The first-order valence-corrected chi connectivity index (χ1v) is 6.05. The summed E-state index contributed by atoms with van der Waals surface area (Å²) >= 11 is 0. The van der Waals surface area contributed by atoms with Gasteiger partial charge in [-0.3, -0.25) is 4.79 Å². The van der Waals surface area contributed by atoms with E-state index in [0.717, 1.165) is 11.3 Å². The van der Waals surface area contributed by atoms with Gasteiger partial charge in [0, 0.05) is 13.7 Å². The number of aryl methyl sites for hydroxylation is 2. The van der Waals surface area contributed by atoms with Crippen LogP contribution < -0.4 is 10.1 Å². The number of carbonyl (C=O) groups excluding carboxylic acids is 1. The second-order valence-corrected chi connectivity index (χ2v) is 4.31. The van der Waals surface area contributed by atoms with Crippen molar-refractivity contribution >= 4 is 5.91 Å². The van der Waals surface area contributed by atoms with Crippen molar-refractivity contribution in [2.24, 2.45) is 0 Å². The predicted molar refractivity (Wildman–Crippen MR) is 70.9 cm³/mol. The van der Waals surface area contributed by atoms with Crippen LogP contribution in [0.3, 0.4) is 0 Å². The number of nitrogens with one attached hydrogen (secondary N) is 1. The molecule has 1 aromatic carbocycles. The molecular formula is C14H21NO3. The molecule has 4 nitrogen and oxygen atoms in total. The van der Waals surface area contributed by atoms with Crippen LogP contribution >= 0.6 is 0 Å². The predicted octanol–water partition coefficient (Wildman–Crippen LogP) is 1.83. The van der Waals surface area contributed by atoms with Crippen LogP contribution in [0.1, 0.15) is 18.1 Å². The molecular weight excluding hydrogens is 230 g/mol. The third-order valence-electron chi connectivity index (χ3n) is 2.61. The summed E-state index contributed by atoms with van der Waals surface area (Å²) in [5.41, 5.74) is 2.21. The lowest BCUT2D eigenvalue weighted by molar-refractivity contribution is -0.127. The van der Waals surface area contributed by atoms with Crippen molar-refractivity contribution < 1.29 is 14.3 Å². The van der Waals surface area contributed by atoms with Crippen LogP contribution in [0.5, 0.6) is 5.75 Å². The molecule has 0 saturated heterocycles. The van der Waals surface area contributed by atoms with Gasteiger partial charge in [0.15, 0.2) is 6.10 Å². The SMILES string of the molecule is COCCNC(=O)[C@H](C)Oc1ccc(C)cc1C. The van der Waals surface area contributed by atoms with Crippen molar-refractivity contribution in [3.05, 3.63) is 29.3 Å². The zero-order valence-corrected chi connectivity index (χ0v) is 11.4. The van der Waals surface area contributed by atoms with E-state index in [9.17, 15) is 4.79 Å². The van der Waals surface area contributed by atoms with E-state index < -0.39 is 6.10 Å². The number of ether oxygens (including phenoxy) is 2. The molecule has 1 atom stereocenters. The van der Waals surface area contributed by atoms with E-state index in [-0.39, 0.29) is 5.91 Å². The van der Waals surface area contributed by atoms with Crippen LogP contribution in [0.2, 0.25) is 0 Å². The molecule has 0 aliphatic rings. The summed E-state index contributed by atoms with van der Waals surface area (Å²) in [6.07, 6.45) is -0.511. The maximum Gasteiger partial charge on any atom is 0.260 e. The summed E-state index contributed by atoms with van der Waals surface area (Å²) < 4.78 is 10.5. The monoisotopic (exact) mass is 251 g/mol. The molecule has 1 amide bonds. The molecule has 0 bridgehead atoms. The number of amides is 1. The van der Waals surface area contributed by atoms with Gasteiger partial charge in [0.05, 0.1) is 6.61 Å². The molecule has 1 rings (SSSR count). The molecule has 1 N–H and O–H groups in total. The normalized spacial score (nSPS) is 12.0. The zero-order chi connectivity index (χ0) is 13.5. The lowest BCUT2D eigenvalue weighted by atomic mass is 10.1. The largest absolute Gasteiger partial charge is 0.481 e.